The van der Waals surface area contributed by atoms with Crippen LogP contribution in [-0.2, 0) is 11.4 Å². The van der Waals surface area contributed by atoms with E-state index in [1.165, 1.54) is 11.8 Å². The van der Waals surface area contributed by atoms with Gasteiger partial charge in [-0.1, -0.05) is 35.5 Å². The Morgan fingerprint density at radius 2 is 1.90 bits per heavy atom. The molecule has 0 bridgehead atoms. The summed E-state index contributed by atoms with van der Waals surface area (Å²) >= 11 is 7.15. The van der Waals surface area contributed by atoms with Gasteiger partial charge in [0.25, 0.3) is 5.91 Å². The highest BCUT2D eigenvalue weighted by molar-refractivity contribution is 7.99. The molecule has 0 spiro atoms. The number of halogens is 1. The Labute approximate surface area is 189 Å². The largest absolute Gasteiger partial charge is 0.490 e. The van der Waals surface area contributed by atoms with Crippen LogP contribution < -0.4 is 14.9 Å². The number of hydrazone groups is 1. The average Bonchev–Trinajstić information content (AvgIpc) is 2.79. The smallest absolute Gasteiger partial charge is 0.250 e. The summed E-state index contributed by atoms with van der Waals surface area (Å²) in [5.41, 5.74) is 4.25. The van der Waals surface area contributed by atoms with Gasteiger partial charge >= 0.3 is 0 Å². The molecule has 1 aromatic heterocycles. The minimum Gasteiger partial charge on any atom is -0.490 e. The van der Waals surface area contributed by atoms with E-state index in [-0.39, 0.29) is 11.7 Å². The number of rotatable bonds is 10. The van der Waals surface area contributed by atoms with Crippen molar-refractivity contribution in [3.8, 4) is 11.5 Å². The highest BCUT2D eigenvalue weighted by Gasteiger charge is 2.07. The Hall–Kier alpha value is -3.10. The van der Waals surface area contributed by atoms with Crippen molar-refractivity contribution in [2.45, 2.75) is 18.7 Å². The standard InChI is InChI=1S/C22H21ClN4O3S/c1-2-29-20-12-17(6-9-19(20)30-14-16-4-7-18(23)8-5-16)13-26-27-21(28)15-31-22-24-10-3-11-25-22/h3-13H,2,14-15H2,1H3,(H,27,28)/b26-13-. The highest BCUT2D eigenvalue weighted by atomic mass is 35.5. The molecule has 2 aromatic carbocycles. The molecule has 0 saturated carbocycles. The van der Waals surface area contributed by atoms with Gasteiger partial charge in [0, 0.05) is 17.4 Å². The predicted octanol–water partition coefficient (Wildman–Crippen LogP) is 4.35. The van der Waals surface area contributed by atoms with Gasteiger partial charge in [-0.25, -0.2) is 15.4 Å². The Morgan fingerprint density at radius 3 is 2.65 bits per heavy atom. The topological polar surface area (TPSA) is 85.7 Å². The number of thioether (sulfide) groups is 1. The van der Waals surface area contributed by atoms with E-state index < -0.39 is 0 Å². The van der Waals surface area contributed by atoms with Crippen LogP contribution in [0.5, 0.6) is 11.5 Å². The van der Waals surface area contributed by atoms with Crippen LogP contribution in [0.25, 0.3) is 0 Å². The van der Waals surface area contributed by atoms with Crippen LogP contribution in [0.1, 0.15) is 18.1 Å². The first-order valence-corrected chi connectivity index (χ1v) is 10.9. The summed E-state index contributed by atoms with van der Waals surface area (Å²) < 4.78 is 11.6. The summed E-state index contributed by atoms with van der Waals surface area (Å²) in [4.78, 5) is 20.0. The van der Waals surface area contributed by atoms with E-state index in [0.29, 0.717) is 34.9 Å². The third-order valence-corrected chi connectivity index (χ3v) is 4.98. The molecule has 0 fully saturated rings. The summed E-state index contributed by atoms with van der Waals surface area (Å²) in [6.45, 7) is 2.79. The van der Waals surface area contributed by atoms with E-state index >= 15 is 0 Å². The van der Waals surface area contributed by atoms with Gasteiger partial charge in [0.05, 0.1) is 18.6 Å². The molecular formula is C22H21ClN4O3S. The fourth-order valence-corrected chi connectivity index (χ4v) is 3.16. The van der Waals surface area contributed by atoms with Crippen LogP contribution in [-0.4, -0.2) is 34.4 Å². The van der Waals surface area contributed by atoms with Crippen molar-refractivity contribution in [2.75, 3.05) is 12.4 Å². The minimum absolute atomic E-state index is 0.170. The third-order valence-electron chi connectivity index (χ3n) is 3.85. The molecule has 160 valence electrons. The number of aromatic nitrogens is 2. The molecule has 3 rings (SSSR count). The molecule has 0 aliphatic heterocycles. The molecular weight excluding hydrogens is 436 g/mol. The normalized spacial score (nSPS) is 10.8. The summed E-state index contributed by atoms with van der Waals surface area (Å²) in [5.74, 6) is 1.14. The Morgan fingerprint density at radius 1 is 1.13 bits per heavy atom. The monoisotopic (exact) mass is 456 g/mol. The summed E-state index contributed by atoms with van der Waals surface area (Å²) in [6.07, 6.45) is 4.81. The molecule has 0 radical (unpaired) electrons. The lowest BCUT2D eigenvalue weighted by atomic mass is 10.2. The lowest BCUT2D eigenvalue weighted by Crippen LogP contribution is -2.19. The lowest BCUT2D eigenvalue weighted by molar-refractivity contribution is -0.118. The third kappa shape index (κ3) is 7.58. The van der Waals surface area contributed by atoms with Crippen LogP contribution in [0.4, 0.5) is 0 Å². The minimum atomic E-state index is -0.248. The molecule has 31 heavy (non-hydrogen) atoms. The van der Waals surface area contributed by atoms with Crippen molar-refractivity contribution in [2.24, 2.45) is 5.10 Å². The van der Waals surface area contributed by atoms with Crippen molar-refractivity contribution in [1.29, 1.82) is 0 Å². The number of nitrogens with zero attached hydrogens (tertiary/aromatic N) is 3. The summed E-state index contributed by atoms with van der Waals surface area (Å²) in [7, 11) is 0. The van der Waals surface area contributed by atoms with Crippen LogP contribution in [0.3, 0.4) is 0 Å². The first-order valence-electron chi connectivity index (χ1n) is 9.50. The highest BCUT2D eigenvalue weighted by Crippen LogP contribution is 2.29. The Bertz CT molecular complexity index is 1020. The second-order valence-corrected chi connectivity index (χ2v) is 7.55. The van der Waals surface area contributed by atoms with Crippen LogP contribution in [0.15, 0.2) is 71.2 Å². The molecule has 1 heterocycles. The Balaban J connectivity index is 1.55. The van der Waals surface area contributed by atoms with Crippen LogP contribution in [0, 0.1) is 0 Å². The molecule has 0 saturated heterocycles. The number of carbonyl (C=O) groups excluding carboxylic acids is 1. The van der Waals surface area contributed by atoms with Crippen molar-refractivity contribution in [1.82, 2.24) is 15.4 Å². The van der Waals surface area contributed by atoms with E-state index in [4.69, 9.17) is 21.1 Å². The zero-order valence-corrected chi connectivity index (χ0v) is 18.4. The summed E-state index contributed by atoms with van der Waals surface area (Å²) in [5, 5.41) is 5.22. The zero-order valence-electron chi connectivity index (χ0n) is 16.8. The molecule has 9 heteroatoms. The maximum absolute atomic E-state index is 11.9. The molecule has 0 aliphatic rings. The SMILES string of the molecule is CCOc1cc(/C=N\NC(=O)CSc2ncccn2)ccc1OCc1ccc(Cl)cc1. The lowest BCUT2D eigenvalue weighted by Gasteiger charge is -2.12. The number of carbonyl (C=O) groups is 1. The molecule has 7 nitrogen and oxygen atoms in total. The molecule has 0 unspecified atom stereocenters. The van der Waals surface area contributed by atoms with Crippen molar-refractivity contribution in [3.63, 3.8) is 0 Å². The number of nitrogens with one attached hydrogen (secondary N) is 1. The van der Waals surface area contributed by atoms with Crippen molar-refractivity contribution in [3.05, 3.63) is 77.1 Å². The molecule has 0 atom stereocenters. The second kappa shape index (κ2) is 11.9. The van der Waals surface area contributed by atoms with Crippen molar-refractivity contribution < 1.29 is 14.3 Å². The van der Waals surface area contributed by atoms with Gasteiger partial charge in [-0.05, 0) is 54.4 Å². The van der Waals surface area contributed by atoms with Gasteiger partial charge < -0.3 is 9.47 Å². The fraction of sp³-hybridized carbons (Fsp3) is 0.182. The number of hydrogen-bond acceptors (Lipinski definition) is 7. The average molecular weight is 457 g/mol. The maximum Gasteiger partial charge on any atom is 0.250 e. The number of ether oxygens (including phenoxy) is 2. The van der Waals surface area contributed by atoms with Gasteiger partial charge in [-0.3, -0.25) is 4.79 Å². The fourth-order valence-electron chi connectivity index (χ4n) is 2.44. The van der Waals surface area contributed by atoms with Gasteiger partial charge in [-0.2, -0.15) is 5.10 Å². The van der Waals surface area contributed by atoms with Crippen LogP contribution >= 0.6 is 23.4 Å². The van der Waals surface area contributed by atoms with E-state index in [2.05, 4.69) is 20.5 Å². The number of amides is 1. The van der Waals surface area contributed by atoms with Crippen LogP contribution in [0.2, 0.25) is 5.02 Å². The predicted molar refractivity (Wildman–Crippen MR) is 122 cm³/mol. The quantitative estimate of drug-likeness (QED) is 0.211. The molecule has 1 N–H and O–H groups in total. The maximum atomic E-state index is 11.9. The van der Waals surface area contributed by atoms with E-state index in [9.17, 15) is 4.79 Å². The van der Waals surface area contributed by atoms with Gasteiger partial charge in [0.2, 0.25) is 0 Å². The molecule has 1 amide bonds. The van der Waals surface area contributed by atoms with Gasteiger partial charge in [-0.15, -0.1) is 0 Å². The van der Waals surface area contributed by atoms with Crippen molar-refractivity contribution >= 4 is 35.5 Å². The Kier molecular flexibility index (Phi) is 8.69. The van der Waals surface area contributed by atoms with E-state index in [1.807, 2.05) is 49.4 Å². The molecule has 3 aromatic rings. The van der Waals surface area contributed by atoms with Gasteiger partial charge in [0.1, 0.15) is 6.61 Å². The van der Waals surface area contributed by atoms with E-state index in [0.717, 1.165) is 11.1 Å². The second-order valence-electron chi connectivity index (χ2n) is 6.17. The number of benzene rings is 2. The molecule has 0 aliphatic carbocycles. The zero-order chi connectivity index (χ0) is 21.9. The summed E-state index contributed by atoms with van der Waals surface area (Å²) in [6, 6.07) is 14.6. The first kappa shape index (κ1) is 22.6. The number of hydrogen-bond donors (Lipinski definition) is 1. The first-order chi connectivity index (χ1) is 15.1. The van der Waals surface area contributed by atoms with E-state index in [1.54, 1.807) is 24.7 Å². The van der Waals surface area contributed by atoms with Gasteiger partial charge in [0.15, 0.2) is 16.7 Å².